The number of rotatable bonds is 6. The van der Waals surface area contributed by atoms with E-state index >= 15 is 0 Å². The van der Waals surface area contributed by atoms with Gasteiger partial charge in [0.05, 0.1) is 13.1 Å². The predicted octanol–water partition coefficient (Wildman–Crippen LogP) is 2.12. The van der Waals surface area contributed by atoms with Gasteiger partial charge in [-0.25, -0.2) is 4.98 Å². The van der Waals surface area contributed by atoms with Crippen LogP contribution in [0, 0.1) is 0 Å². The van der Waals surface area contributed by atoms with Crippen molar-refractivity contribution in [1.29, 1.82) is 0 Å². The van der Waals surface area contributed by atoms with E-state index < -0.39 is 5.97 Å². The van der Waals surface area contributed by atoms with Crippen LogP contribution in [-0.4, -0.2) is 34.0 Å². The molecule has 1 N–H and O–H groups in total. The fraction of sp³-hybridized carbons (Fsp3) is 0.385. The highest BCUT2D eigenvalue weighted by atomic mass is 16.4. The number of oxazole rings is 1. The molecule has 18 heavy (non-hydrogen) atoms. The topological polar surface area (TPSA) is 66.6 Å². The first-order chi connectivity index (χ1) is 8.69. The van der Waals surface area contributed by atoms with Gasteiger partial charge in [-0.2, -0.15) is 0 Å². The molecule has 0 aliphatic rings. The van der Waals surface area contributed by atoms with E-state index in [0.717, 1.165) is 17.5 Å². The van der Waals surface area contributed by atoms with Crippen LogP contribution in [0.3, 0.4) is 0 Å². The maximum absolute atomic E-state index is 10.8. The Balaban J connectivity index is 2.12. The number of carboxylic acids is 1. The van der Waals surface area contributed by atoms with Crippen LogP contribution in [0.1, 0.15) is 19.2 Å². The minimum absolute atomic E-state index is 0.00651. The van der Waals surface area contributed by atoms with Crippen molar-refractivity contribution in [2.24, 2.45) is 0 Å². The molecular formula is C13H16N2O3. The Bertz CT molecular complexity index is 503. The molecule has 1 aromatic heterocycles. The van der Waals surface area contributed by atoms with E-state index in [2.05, 4.69) is 4.98 Å². The second-order valence-corrected chi connectivity index (χ2v) is 4.18. The number of carbonyl (C=O) groups is 1. The summed E-state index contributed by atoms with van der Waals surface area (Å²) in [4.78, 5) is 16.9. The Morgan fingerprint density at radius 1 is 1.44 bits per heavy atom. The van der Waals surface area contributed by atoms with Crippen LogP contribution in [0.15, 0.2) is 28.7 Å². The largest absolute Gasteiger partial charge is 0.480 e. The average Bonchev–Trinajstić information content (AvgIpc) is 2.70. The summed E-state index contributed by atoms with van der Waals surface area (Å²) in [6.45, 7) is 3.16. The molecule has 0 bridgehead atoms. The second-order valence-electron chi connectivity index (χ2n) is 4.18. The normalized spacial score (nSPS) is 11.2. The number of benzene rings is 1. The molecule has 96 valence electrons. The van der Waals surface area contributed by atoms with E-state index in [0.29, 0.717) is 19.0 Å². The molecule has 0 aliphatic carbocycles. The zero-order valence-electron chi connectivity index (χ0n) is 10.3. The number of hydrogen-bond donors (Lipinski definition) is 1. The summed E-state index contributed by atoms with van der Waals surface area (Å²) in [5, 5.41) is 8.84. The molecule has 5 nitrogen and oxygen atoms in total. The molecule has 0 fully saturated rings. The first kappa shape index (κ1) is 12.6. The maximum atomic E-state index is 10.8. The van der Waals surface area contributed by atoms with Crippen LogP contribution in [0.25, 0.3) is 11.1 Å². The van der Waals surface area contributed by atoms with Gasteiger partial charge in [0, 0.05) is 0 Å². The first-order valence-electron chi connectivity index (χ1n) is 5.97. The van der Waals surface area contributed by atoms with Crippen molar-refractivity contribution in [3.05, 3.63) is 30.2 Å². The van der Waals surface area contributed by atoms with Crippen molar-refractivity contribution in [3.63, 3.8) is 0 Å². The SMILES string of the molecule is CCCN(CC(=O)O)Cc1nc2ccccc2o1. The van der Waals surface area contributed by atoms with Gasteiger partial charge >= 0.3 is 5.97 Å². The number of para-hydroxylation sites is 2. The number of aromatic nitrogens is 1. The van der Waals surface area contributed by atoms with Crippen LogP contribution in [0.2, 0.25) is 0 Å². The van der Waals surface area contributed by atoms with Gasteiger partial charge in [0.15, 0.2) is 5.58 Å². The zero-order chi connectivity index (χ0) is 13.0. The third kappa shape index (κ3) is 3.07. The quantitative estimate of drug-likeness (QED) is 0.848. The number of aliphatic carboxylic acids is 1. The van der Waals surface area contributed by atoms with Crippen LogP contribution in [0.4, 0.5) is 0 Å². The van der Waals surface area contributed by atoms with Crippen LogP contribution in [0.5, 0.6) is 0 Å². The fourth-order valence-corrected chi connectivity index (χ4v) is 1.90. The number of hydrogen-bond acceptors (Lipinski definition) is 4. The van der Waals surface area contributed by atoms with Gasteiger partial charge in [0.2, 0.25) is 5.89 Å². The minimum atomic E-state index is -0.834. The Hall–Kier alpha value is -1.88. The third-order valence-corrected chi connectivity index (χ3v) is 2.60. The van der Waals surface area contributed by atoms with E-state index in [-0.39, 0.29) is 6.54 Å². The molecular weight excluding hydrogens is 232 g/mol. The Labute approximate surface area is 105 Å². The Morgan fingerprint density at radius 2 is 2.22 bits per heavy atom. The van der Waals surface area contributed by atoms with Crippen molar-refractivity contribution >= 4 is 17.1 Å². The molecule has 0 unspecified atom stereocenters. The van der Waals surface area contributed by atoms with Gasteiger partial charge in [-0.15, -0.1) is 0 Å². The number of fused-ring (bicyclic) bond motifs is 1. The molecule has 1 aromatic carbocycles. The van der Waals surface area contributed by atoms with E-state index in [4.69, 9.17) is 9.52 Å². The predicted molar refractivity (Wildman–Crippen MR) is 67.2 cm³/mol. The average molecular weight is 248 g/mol. The molecule has 0 atom stereocenters. The lowest BCUT2D eigenvalue weighted by Gasteiger charge is -2.16. The van der Waals surface area contributed by atoms with Gasteiger partial charge in [0.25, 0.3) is 0 Å². The summed E-state index contributed by atoms with van der Waals surface area (Å²) >= 11 is 0. The van der Waals surface area contributed by atoms with Gasteiger partial charge in [0.1, 0.15) is 5.52 Å². The van der Waals surface area contributed by atoms with E-state index in [9.17, 15) is 4.79 Å². The third-order valence-electron chi connectivity index (χ3n) is 2.60. The molecule has 0 radical (unpaired) electrons. The monoisotopic (exact) mass is 248 g/mol. The van der Waals surface area contributed by atoms with Gasteiger partial charge in [-0.1, -0.05) is 19.1 Å². The van der Waals surface area contributed by atoms with Crippen LogP contribution in [-0.2, 0) is 11.3 Å². The molecule has 0 saturated heterocycles. The van der Waals surface area contributed by atoms with Gasteiger partial charge in [-0.3, -0.25) is 9.69 Å². The van der Waals surface area contributed by atoms with Gasteiger partial charge in [-0.05, 0) is 25.1 Å². The summed E-state index contributed by atoms with van der Waals surface area (Å²) in [5.41, 5.74) is 1.54. The highest BCUT2D eigenvalue weighted by Gasteiger charge is 2.13. The zero-order valence-corrected chi connectivity index (χ0v) is 10.3. The Morgan fingerprint density at radius 3 is 2.89 bits per heavy atom. The molecule has 2 rings (SSSR count). The molecule has 1 heterocycles. The summed E-state index contributed by atoms with van der Waals surface area (Å²) in [6.07, 6.45) is 0.896. The van der Waals surface area contributed by atoms with E-state index in [1.165, 1.54) is 0 Å². The van der Waals surface area contributed by atoms with Gasteiger partial charge < -0.3 is 9.52 Å². The van der Waals surface area contributed by atoms with Crippen molar-refractivity contribution in [2.45, 2.75) is 19.9 Å². The lowest BCUT2D eigenvalue weighted by molar-refractivity contribution is -0.138. The van der Waals surface area contributed by atoms with E-state index in [1.807, 2.05) is 36.1 Å². The molecule has 0 amide bonds. The second kappa shape index (κ2) is 5.64. The summed E-state index contributed by atoms with van der Waals surface area (Å²) in [6, 6.07) is 7.52. The standard InChI is InChI=1S/C13H16N2O3/c1-2-7-15(9-13(16)17)8-12-14-10-5-3-4-6-11(10)18-12/h3-6H,2,7-9H2,1H3,(H,16,17). The summed E-state index contributed by atoms with van der Waals surface area (Å²) < 4.78 is 5.58. The highest BCUT2D eigenvalue weighted by molar-refractivity contribution is 5.72. The fourth-order valence-electron chi connectivity index (χ4n) is 1.90. The number of carboxylic acid groups (broad SMARTS) is 1. The first-order valence-corrected chi connectivity index (χ1v) is 5.97. The number of nitrogens with zero attached hydrogens (tertiary/aromatic N) is 2. The van der Waals surface area contributed by atoms with Crippen molar-refractivity contribution < 1.29 is 14.3 Å². The molecule has 2 aromatic rings. The lowest BCUT2D eigenvalue weighted by Crippen LogP contribution is -2.30. The molecule has 0 spiro atoms. The smallest absolute Gasteiger partial charge is 0.317 e. The van der Waals surface area contributed by atoms with Crippen LogP contribution < -0.4 is 0 Å². The summed E-state index contributed by atoms with van der Waals surface area (Å²) in [7, 11) is 0. The maximum Gasteiger partial charge on any atom is 0.317 e. The molecule has 0 aliphatic heterocycles. The lowest BCUT2D eigenvalue weighted by atomic mass is 10.3. The molecule has 0 saturated carbocycles. The summed E-state index contributed by atoms with van der Waals surface area (Å²) in [5.74, 6) is -0.273. The highest BCUT2D eigenvalue weighted by Crippen LogP contribution is 2.15. The van der Waals surface area contributed by atoms with Crippen molar-refractivity contribution in [2.75, 3.05) is 13.1 Å². The van der Waals surface area contributed by atoms with Crippen molar-refractivity contribution in [3.8, 4) is 0 Å². The molecule has 5 heteroatoms. The van der Waals surface area contributed by atoms with Crippen molar-refractivity contribution in [1.82, 2.24) is 9.88 Å². The minimum Gasteiger partial charge on any atom is -0.480 e. The van der Waals surface area contributed by atoms with E-state index in [1.54, 1.807) is 0 Å². The van der Waals surface area contributed by atoms with Crippen LogP contribution >= 0.6 is 0 Å². The Kier molecular flexibility index (Phi) is 3.94.